The minimum atomic E-state index is -0.562. The molecule has 0 saturated heterocycles. The lowest BCUT2D eigenvalue weighted by atomic mass is 10.1. The molecule has 0 aromatic heterocycles. The van der Waals surface area contributed by atoms with Crippen LogP contribution in [0, 0.1) is 0 Å². The van der Waals surface area contributed by atoms with Gasteiger partial charge in [-0.3, -0.25) is 9.59 Å². The molecule has 2 rings (SSSR count). The van der Waals surface area contributed by atoms with Crippen molar-refractivity contribution >= 4 is 35.2 Å². The molecule has 0 fully saturated rings. The van der Waals surface area contributed by atoms with Gasteiger partial charge in [-0.25, -0.2) is 0 Å². The first-order chi connectivity index (χ1) is 14.0. The van der Waals surface area contributed by atoms with Gasteiger partial charge in [0, 0.05) is 23.9 Å². The van der Waals surface area contributed by atoms with Crippen LogP contribution < -0.4 is 5.32 Å². The summed E-state index contributed by atoms with van der Waals surface area (Å²) in [5, 5.41) is 3.53. The van der Waals surface area contributed by atoms with E-state index in [0.29, 0.717) is 23.9 Å². The first kappa shape index (κ1) is 23.3. The normalized spacial score (nSPS) is 11.7. The van der Waals surface area contributed by atoms with E-state index in [1.165, 1.54) is 5.56 Å². The van der Waals surface area contributed by atoms with E-state index in [2.05, 4.69) is 12.2 Å². The lowest BCUT2D eigenvalue weighted by molar-refractivity contribution is -0.138. The number of nitrogens with zero attached hydrogens (tertiary/aromatic N) is 1. The number of rotatable bonds is 11. The number of hydrogen-bond acceptors (Lipinski definition) is 3. The third-order valence-electron chi connectivity index (χ3n) is 4.63. The SMILES string of the molecule is CCCCNC(=O)C(C)N(Cc1ccccc1Cl)C(=O)CSCc1ccccc1. The Bertz CT molecular complexity index is 785. The zero-order valence-corrected chi connectivity index (χ0v) is 18.6. The number of thioether (sulfide) groups is 1. The van der Waals surface area contributed by atoms with Gasteiger partial charge in [0.15, 0.2) is 0 Å². The van der Waals surface area contributed by atoms with Crippen molar-refractivity contribution in [3.8, 4) is 0 Å². The average molecular weight is 433 g/mol. The van der Waals surface area contributed by atoms with Crippen molar-refractivity contribution in [2.45, 2.75) is 45.0 Å². The molecular formula is C23H29ClN2O2S. The molecule has 156 valence electrons. The molecule has 1 N–H and O–H groups in total. The highest BCUT2D eigenvalue weighted by atomic mass is 35.5. The number of carbonyl (C=O) groups excluding carboxylic acids is 2. The molecule has 0 aliphatic rings. The van der Waals surface area contributed by atoms with E-state index in [1.54, 1.807) is 29.7 Å². The second-order valence-corrected chi connectivity index (χ2v) is 8.30. The molecule has 0 spiro atoms. The third kappa shape index (κ3) is 7.75. The molecule has 0 aliphatic carbocycles. The molecule has 0 radical (unpaired) electrons. The second-order valence-electron chi connectivity index (χ2n) is 6.91. The van der Waals surface area contributed by atoms with Gasteiger partial charge in [0.25, 0.3) is 0 Å². The Morgan fingerprint density at radius 3 is 2.48 bits per heavy atom. The van der Waals surface area contributed by atoms with Crippen molar-refractivity contribution in [3.05, 3.63) is 70.7 Å². The summed E-state index contributed by atoms with van der Waals surface area (Å²) >= 11 is 7.85. The summed E-state index contributed by atoms with van der Waals surface area (Å²) in [4.78, 5) is 27.2. The summed E-state index contributed by atoms with van der Waals surface area (Å²) in [5.74, 6) is 0.867. The van der Waals surface area contributed by atoms with Crippen molar-refractivity contribution in [3.63, 3.8) is 0 Å². The zero-order valence-electron chi connectivity index (χ0n) is 17.1. The summed E-state index contributed by atoms with van der Waals surface area (Å²) in [6.07, 6.45) is 1.93. The summed E-state index contributed by atoms with van der Waals surface area (Å²) < 4.78 is 0. The Balaban J connectivity index is 2.04. The maximum Gasteiger partial charge on any atom is 0.242 e. The fraction of sp³-hybridized carbons (Fsp3) is 0.391. The summed E-state index contributed by atoms with van der Waals surface area (Å²) in [6.45, 7) is 4.79. The van der Waals surface area contributed by atoms with Crippen LogP contribution in [0.15, 0.2) is 54.6 Å². The van der Waals surface area contributed by atoms with Crippen molar-refractivity contribution in [2.75, 3.05) is 12.3 Å². The first-order valence-electron chi connectivity index (χ1n) is 9.95. The largest absolute Gasteiger partial charge is 0.354 e. The number of amides is 2. The van der Waals surface area contributed by atoms with Gasteiger partial charge in [0.1, 0.15) is 6.04 Å². The highest BCUT2D eigenvalue weighted by Crippen LogP contribution is 2.20. The number of hydrogen-bond donors (Lipinski definition) is 1. The van der Waals surface area contributed by atoms with Crippen LogP contribution in [0.25, 0.3) is 0 Å². The van der Waals surface area contributed by atoms with Crippen molar-refractivity contribution in [2.24, 2.45) is 0 Å². The minimum Gasteiger partial charge on any atom is -0.354 e. The fourth-order valence-electron chi connectivity index (χ4n) is 2.84. The highest BCUT2D eigenvalue weighted by Gasteiger charge is 2.26. The van der Waals surface area contributed by atoms with Crippen LogP contribution in [-0.2, 0) is 21.9 Å². The van der Waals surface area contributed by atoms with Gasteiger partial charge >= 0.3 is 0 Å². The van der Waals surface area contributed by atoms with Gasteiger partial charge in [-0.05, 0) is 30.5 Å². The van der Waals surface area contributed by atoms with E-state index >= 15 is 0 Å². The predicted molar refractivity (Wildman–Crippen MR) is 122 cm³/mol. The minimum absolute atomic E-state index is 0.0657. The molecule has 4 nitrogen and oxygen atoms in total. The van der Waals surface area contributed by atoms with E-state index in [-0.39, 0.29) is 11.8 Å². The quantitative estimate of drug-likeness (QED) is 0.513. The van der Waals surface area contributed by atoms with E-state index in [0.717, 1.165) is 24.2 Å². The number of carbonyl (C=O) groups is 2. The van der Waals surface area contributed by atoms with Crippen molar-refractivity contribution < 1.29 is 9.59 Å². The summed E-state index contributed by atoms with van der Waals surface area (Å²) in [5.41, 5.74) is 2.01. The lowest BCUT2D eigenvalue weighted by Gasteiger charge is -2.29. The third-order valence-corrected chi connectivity index (χ3v) is 5.99. The standard InChI is InChI=1S/C23H29ClN2O2S/c1-3-4-14-25-23(28)18(2)26(15-20-12-8-9-13-21(20)24)22(27)17-29-16-19-10-6-5-7-11-19/h5-13,18H,3-4,14-17H2,1-2H3,(H,25,28). The molecule has 29 heavy (non-hydrogen) atoms. The summed E-state index contributed by atoms with van der Waals surface area (Å²) in [6, 6.07) is 16.9. The average Bonchev–Trinajstić information content (AvgIpc) is 2.73. The Morgan fingerprint density at radius 1 is 1.10 bits per heavy atom. The molecule has 2 amide bonds. The van der Waals surface area contributed by atoms with Gasteiger partial charge in [-0.15, -0.1) is 11.8 Å². The van der Waals surface area contributed by atoms with Crippen LogP contribution in [0.1, 0.15) is 37.8 Å². The van der Waals surface area contributed by atoms with Gasteiger partial charge in [-0.1, -0.05) is 73.5 Å². The first-order valence-corrected chi connectivity index (χ1v) is 11.5. The Labute approximate surface area is 183 Å². The van der Waals surface area contributed by atoms with Gasteiger partial charge in [-0.2, -0.15) is 0 Å². The number of unbranched alkanes of at least 4 members (excludes halogenated alkanes) is 1. The van der Waals surface area contributed by atoms with Gasteiger partial charge in [0.2, 0.25) is 11.8 Å². The van der Waals surface area contributed by atoms with Crippen LogP contribution >= 0.6 is 23.4 Å². The van der Waals surface area contributed by atoms with Gasteiger partial charge < -0.3 is 10.2 Å². The zero-order chi connectivity index (χ0) is 21.1. The van der Waals surface area contributed by atoms with E-state index in [4.69, 9.17) is 11.6 Å². The van der Waals surface area contributed by atoms with Crippen LogP contribution in [0.3, 0.4) is 0 Å². The maximum atomic E-state index is 13.0. The Kier molecular flexibility index (Phi) is 10.1. The van der Waals surface area contributed by atoms with Crippen LogP contribution in [0.5, 0.6) is 0 Å². The Morgan fingerprint density at radius 2 is 1.79 bits per heavy atom. The molecule has 0 bridgehead atoms. The van der Waals surface area contributed by atoms with Crippen LogP contribution in [0.4, 0.5) is 0 Å². The highest BCUT2D eigenvalue weighted by molar-refractivity contribution is 7.99. The van der Waals surface area contributed by atoms with Crippen LogP contribution in [-0.4, -0.2) is 35.1 Å². The molecule has 1 unspecified atom stereocenters. The molecule has 0 saturated carbocycles. The van der Waals surface area contributed by atoms with Crippen molar-refractivity contribution in [1.82, 2.24) is 10.2 Å². The molecule has 0 aliphatic heterocycles. The monoisotopic (exact) mass is 432 g/mol. The van der Waals surface area contributed by atoms with Crippen molar-refractivity contribution in [1.29, 1.82) is 0 Å². The van der Waals surface area contributed by atoms with Gasteiger partial charge in [0.05, 0.1) is 5.75 Å². The van der Waals surface area contributed by atoms with E-state index in [1.807, 2.05) is 48.5 Å². The molecule has 6 heteroatoms. The van der Waals surface area contributed by atoms with E-state index < -0.39 is 6.04 Å². The molecule has 2 aromatic rings. The summed E-state index contributed by atoms with van der Waals surface area (Å²) in [7, 11) is 0. The lowest BCUT2D eigenvalue weighted by Crippen LogP contribution is -2.48. The molecule has 0 heterocycles. The smallest absolute Gasteiger partial charge is 0.242 e. The number of nitrogens with one attached hydrogen (secondary N) is 1. The molecule has 2 aromatic carbocycles. The van der Waals surface area contributed by atoms with E-state index in [9.17, 15) is 9.59 Å². The molecular weight excluding hydrogens is 404 g/mol. The molecule has 1 atom stereocenters. The topological polar surface area (TPSA) is 49.4 Å². The number of benzene rings is 2. The maximum absolute atomic E-state index is 13.0. The second kappa shape index (κ2) is 12.6. The predicted octanol–water partition coefficient (Wildman–Crippen LogP) is 4.91. The fourth-order valence-corrected chi connectivity index (χ4v) is 3.91. The number of halogens is 1. The van der Waals surface area contributed by atoms with Crippen LogP contribution in [0.2, 0.25) is 5.02 Å². The Hall–Kier alpha value is -1.98.